The van der Waals surface area contributed by atoms with Gasteiger partial charge in [0, 0.05) is 49.3 Å². The average molecular weight is 464 g/mol. The molecule has 7 heteroatoms. The number of amides is 1. The zero-order valence-corrected chi connectivity index (χ0v) is 18.5. The van der Waals surface area contributed by atoms with Gasteiger partial charge in [0.25, 0.3) is 0 Å². The largest absolute Gasteiger partial charge is 0.497 e. The molecule has 1 heterocycles. The molecule has 0 atom stereocenters. The standard InChI is InChI=1S/C22H27BrFN3O2/c1-25(15-18-13-19(23)5-8-21(18)24)16-22(28)27-11-9-26(10-12-27)14-17-3-6-20(29-2)7-4-17/h3-8,13H,9-12,14-16H2,1-2H3. The van der Waals surface area contributed by atoms with E-state index in [2.05, 4.69) is 33.0 Å². The van der Waals surface area contributed by atoms with Crippen LogP contribution >= 0.6 is 15.9 Å². The molecule has 2 aromatic carbocycles. The van der Waals surface area contributed by atoms with E-state index in [0.29, 0.717) is 25.2 Å². The number of halogens is 2. The number of carbonyl (C=O) groups is 1. The van der Waals surface area contributed by atoms with Gasteiger partial charge < -0.3 is 9.64 Å². The van der Waals surface area contributed by atoms with Gasteiger partial charge >= 0.3 is 0 Å². The summed E-state index contributed by atoms with van der Waals surface area (Å²) < 4.78 is 20.0. The number of rotatable bonds is 7. The fourth-order valence-corrected chi connectivity index (χ4v) is 3.90. The minimum atomic E-state index is -0.250. The summed E-state index contributed by atoms with van der Waals surface area (Å²) >= 11 is 3.36. The van der Waals surface area contributed by atoms with Crippen molar-refractivity contribution in [3.63, 3.8) is 0 Å². The van der Waals surface area contributed by atoms with Gasteiger partial charge in [-0.3, -0.25) is 14.6 Å². The van der Waals surface area contributed by atoms with Crippen LogP contribution in [0, 0.1) is 5.82 Å². The highest BCUT2D eigenvalue weighted by molar-refractivity contribution is 9.10. The number of hydrogen-bond donors (Lipinski definition) is 0. The van der Waals surface area contributed by atoms with E-state index < -0.39 is 0 Å². The lowest BCUT2D eigenvalue weighted by molar-refractivity contribution is -0.134. The second-order valence-electron chi connectivity index (χ2n) is 7.41. The Bertz CT molecular complexity index is 823. The summed E-state index contributed by atoms with van der Waals surface area (Å²) in [4.78, 5) is 18.7. The number of piperazine rings is 1. The third-order valence-corrected chi connectivity index (χ3v) is 5.64. The highest BCUT2D eigenvalue weighted by Gasteiger charge is 2.22. The van der Waals surface area contributed by atoms with Crippen molar-refractivity contribution in [3.8, 4) is 5.75 Å². The maximum Gasteiger partial charge on any atom is 0.236 e. The Kier molecular flexibility index (Phi) is 7.64. The summed E-state index contributed by atoms with van der Waals surface area (Å²) in [5.74, 6) is 0.697. The highest BCUT2D eigenvalue weighted by atomic mass is 79.9. The van der Waals surface area contributed by atoms with Crippen molar-refractivity contribution in [1.29, 1.82) is 0 Å². The lowest BCUT2D eigenvalue weighted by Gasteiger charge is -2.35. The Morgan fingerprint density at radius 2 is 1.83 bits per heavy atom. The molecule has 0 aliphatic carbocycles. The van der Waals surface area contributed by atoms with Crippen LogP contribution in [0.3, 0.4) is 0 Å². The Hall–Kier alpha value is -1.96. The topological polar surface area (TPSA) is 36.0 Å². The molecule has 0 aromatic heterocycles. The molecule has 3 rings (SSSR count). The van der Waals surface area contributed by atoms with E-state index in [9.17, 15) is 9.18 Å². The van der Waals surface area contributed by atoms with Crippen LogP contribution < -0.4 is 4.74 Å². The molecule has 156 valence electrons. The SMILES string of the molecule is COc1ccc(CN2CCN(C(=O)CN(C)Cc3cc(Br)ccc3F)CC2)cc1. The fourth-order valence-electron chi connectivity index (χ4n) is 3.49. The number of nitrogens with zero attached hydrogens (tertiary/aromatic N) is 3. The number of benzene rings is 2. The molecule has 0 bridgehead atoms. The molecular formula is C22H27BrFN3O2. The Labute approximate surface area is 180 Å². The van der Waals surface area contributed by atoms with E-state index in [4.69, 9.17) is 4.74 Å². The van der Waals surface area contributed by atoms with Crippen molar-refractivity contribution in [2.24, 2.45) is 0 Å². The molecule has 0 radical (unpaired) electrons. The van der Waals surface area contributed by atoms with Crippen molar-refractivity contribution in [2.75, 3.05) is 46.9 Å². The summed E-state index contributed by atoms with van der Waals surface area (Å²) in [5.41, 5.74) is 1.82. The van der Waals surface area contributed by atoms with Crippen LogP contribution in [0.2, 0.25) is 0 Å². The molecule has 29 heavy (non-hydrogen) atoms. The highest BCUT2D eigenvalue weighted by Crippen LogP contribution is 2.17. The maximum atomic E-state index is 13.9. The van der Waals surface area contributed by atoms with Crippen LogP contribution in [-0.4, -0.2) is 67.5 Å². The smallest absolute Gasteiger partial charge is 0.236 e. The number of methoxy groups -OCH3 is 1. The van der Waals surface area contributed by atoms with Crippen LogP contribution in [0.15, 0.2) is 46.9 Å². The second kappa shape index (κ2) is 10.2. The van der Waals surface area contributed by atoms with Crippen molar-refractivity contribution in [1.82, 2.24) is 14.7 Å². The van der Waals surface area contributed by atoms with Crippen molar-refractivity contribution in [2.45, 2.75) is 13.1 Å². The lowest BCUT2D eigenvalue weighted by atomic mass is 10.2. The first-order valence-corrected chi connectivity index (χ1v) is 10.5. The lowest BCUT2D eigenvalue weighted by Crippen LogP contribution is -2.50. The van der Waals surface area contributed by atoms with Crippen LogP contribution in [0.25, 0.3) is 0 Å². The summed E-state index contributed by atoms with van der Waals surface area (Å²) in [6, 6.07) is 13.0. The number of hydrogen-bond acceptors (Lipinski definition) is 4. The average Bonchev–Trinajstić information content (AvgIpc) is 2.72. The molecule has 1 aliphatic heterocycles. The minimum Gasteiger partial charge on any atom is -0.497 e. The van der Waals surface area contributed by atoms with Gasteiger partial charge in [0.05, 0.1) is 13.7 Å². The van der Waals surface area contributed by atoms with Crippen LogP contribution in [0.4, 0.5) is 4.39 Å². The number of likely N-dealkylation sites (N-methyl/N-ethyl adjacent to an activating group) is 1. The Morgan fingerprint density at radius 1 is 1.14 bits per heavy atom. The molecule has 1 fully saturated rings. The molecule has 0 spiro atoms. The van der Waals surface area contributed by atoms with Gasteiger partial charge in [0.15, 0.2) is 0 Å². The van der Waals surface area contributed by atoms with Crippen molar-refractivity contribution in [3.05, 3.63) is 63.9 Å². The van der Waals surface area contributed by atoms with Gasteiger partial charge in [-0.1, -0.05) is 28.1 Å². The van der Waals surface area contributed by atoms with E-state index in [1.54, 1.807) is 19.2 Å². The van der Waals surface area contributed by atoms with Crippen LogP contribution in [0.1, 0.15) is 11.1 Å². The maximum absolute atomic E-state index is 13.9. The molecule has 5 nitrogen and oxygen atoms in total. The summed E-state index contributed by atoms with van der Waals surface area (Å²) in [5, 5.41) is 0. The van der Waals surface area contributed by atoms with Gasteiger partial charge in [0.1, 0.15) is 11.6 Å². The predicted octanol–water partition coefficient (Wildman–Crippen LogP) is 3.37. The van der Waals surface area contributed by atoms with Crippen LogP contribution in [-0.2, 0) is 17.9 Å². The van der Waals surface area contributed by atoms with Crippen molar-refractivity contribution >= 4 is 21.8 Å². The number of carbonyl (C=O) groups excluding carboxylic acids is 1. The van der Waals surface area contributed by atoms with Gasteiger partial charge in [-0.05, 0) is 42.9 Å². The molecule has 1 amide bonds. The summed E-state index contributed by atoms with van der Waals surface area (Å²) in [6.45, 7) is 4.68. The van der Waals surface area contributed by atoms with E-state index in [1.165, 1.54) is 11.6 Å². The normalized spacial score (nSPS) is 15.0. The van der Waals surface area contributed by atoms with Crippen LogP contribution in [0.5, 0.6) is 5.75 Å². The molecule has 0 N–H and O–H groups in total. The summed E-state index contributed by atoms with van der Waals surface area (Å²) in [7, 11) is 3.51. The monoisotopic (exact) mass is 463 g/mol. The Morgan fingerprint density at radius 3 is 2.48 bits per heavy atom. The molecular weight excluding hydrogens is 437 g/mol. The second-order valence-corrected chi connectivity index (χ2v) is 8.33. The van der Waals surface area contributed by atoms with Gasteiger partial charge in [0.2, 0.25) is 5.91 Å². The molecule has 1 saturated heterocycles. The van der Waals surface area contributed by atoms with E-state index >= 15 is 0 Å². The Balaban J connectivity index is 1.44. The fraction of sp³-hybridized carbons (Fsp3) is 0.409. The third-order valence-electron chi connectivity index (χ3n) is 5.14. The first-order chi connectivity index (χ1) is 13.9. The molecule has 0 saturated carbocycles. The van der Waals surface area contributed by atoms with Crippen molar-refractivity contribution < 1.29 is 13.9 Å². The van der Waals surface area contributed by atoms with E-state index in [0.717, 1.165) is 29.9 Å². The van der Waals surface area contributed by atoms with Gasteiger partial charge in [-0.2, -0.15) is 0 Å². The third kappa shape index (κ3) is 6.26. The van der Waals surface area contributed by atoms with Gasteiger partial charge in [-0.25, -0.2) is 4.39 Å². The summed E-state index contributed by atoms with van der Waals surface area (Å²) in [6.07, 6.45) is 0. The van der Waals surface area contributed by atoms with E-state index in [-0.39, 0.29) is 18.3 Å². The molecule has 2 aromatic rings. The molecule has 0 unspecified atom stereocenters. The zero-order valence-electron chi connectivity index (χ0n) is 16.9. The number of ether oxygens (including phenoxy) is 1. The zero-order chi connectivity index (χ0) is 20.8. The quantitative estimate of drug-likeness (QED) is 0.630. The molecule has 1 aliphatic rings. The first kappa shape index (κ1) is 21.7. The van der Waals surface area contributed by atoms with Gasteiger partial charge in [-0.15, -0.1) is 0 Å². The first-order valence-electron chi connectivity index (χ1n) is 9.70. The van der Waals surface area contributed by atoms with E-state index in [1.807, 2.05) is 29.0 Å². The predicted molar refractivity (Wildman–Crippen MR) is 115 cm³/mol. The minimum absolute atomic E-state index is 0.0898.